The van der Waals surface area contributed by atoms with Gasteiger partial charge < -0.3 is 14.8 Å². The third kappa shape index (κ3) is 5.54. The van der Waals surface area contributed by atoms with Crippen LogP contribution in [-0.4, -0.2) is 36.3 Å². The van der Waals surface area contributed by atoms with Crippen molar-refractivity contribution in [2.24, 2.45) is 0 Å². The number of amides is 1. The van der Waals surface area contributed by atoms with Gasteiger partial charge in [-0.05, 0) is 42.5 Å². The van der Waals surface area contributed by atoms with Gasteiger partial charge in [-0.2, -0.15) is 0 Å². The van der Waals surface area contributed by atoms with E-state index in [-0.39, 0.29) is 22.7 Å². The smallest absolute Gasteiger partial charge is 0.338 e. The summed E-state index contributed by atoms with van der Waals surface area (Å²) in [6.45, 7) is -0.561. The van der Waals surface area contributed by atoms with E-state index in [4.69, 9.17) is 9.47 Å². The van der Waals surface area contributed by atoms with E-state index < -0.39 is 23.3 Å². The molecule has 0 radical (unpaired) electrons. The summed E-state index contributed by atoms with van der Waals surface area (Å²) >= 11 is 0. The van der Waals surface area contributed by atoms with Crippen LogP contribution in [0.2, 0.25) is 0 Å². The Bertz CT molecular complexity index is 1170. The van der Waals surface area contributed by atoms with E-state index in [9.17, 15) is 24.5 Å². The minimum absolute atomic E-state index is 0.0719. The molecule has 0 fully saturated rings. The number of hydrogen-bond donors (Lipinski definition) is 1. The first-order valence-corrected chi connectivity index (χ1v) is 9.37. The van der Waals surface area contributed by atoms with Gasteiger partial charge in [0.05, 0.1) is 17.6 Å². The Morgan fingerprint density at radius 3 is 2.28 bits per heavy atom. The van der Waals surface area contributed by atoms with Crippen LogP contribution in [0.15, 0.2) is 72.8 Å². The molecule has 0 aromatic heterocycles. The van der Waals surface area contributed by atoms with E-state index in [1.807, 2.05) is 0 Å². The highest BCUT2D eigenvalue weighted by Crippen LogP contribution is 2.17. The van der Waals surface area contributed by atoms with Gasteiger partial charge in [-0.3, -0.25) is 19.7 Å². The first-order valence-electron chi connectivity index (χ1n) is 9.37. The van der Waals surface area contributed by atoms with Crippen LogP contribution in [0.4, 0.5) is 11.4 Å². The Morgan fingerprint density at radius 1 is 0.906 bits per heavy atom. The van der Waals surface area contributed by atoms with Crippen molar-refractivity contribution in [1.82, 2.24) is 0 Å². The number of anilines is 1. The van der Waals surface area contributed by atoms with Crippen LogP contribution in [-0.2, 0) is 4.74 Å². The van der Waals surface area contributed by atoms with Crippen molar-refractivity contribution in [3.63, 3.8) is 0 Å². The fourth-order valence-electron chi connectivity index (χ4n) is 2.75. The number of rotatable bonds is 8. The van der Waals surface area contributed by atoms with Crippen molar-refractivity contribution in [3.8, 4) is 5.75 Å². The zero-order chi connectivity index (χ0) is 23.1. The van der Waals surface area contributed by atoms with Crippen molar-refractivity contribution in [2.75, 3.05) is 19.0 Å². The number of Topliss-reactive ketones (excluding diaryl/α,β-unsaturated/α-hetero) is 1. The number of carbonyl (C=O) groups is 3. The first-order chi connectivity index (χ1) is 15.4. The van der Waals surface area contributed by atoms with Crippen LogP contribution in [0.1, 0.15) is 31.1 Å². The number of ketones is 1. The molecule has 162 valence electrons. The number of nitro benzene ring substituents is 1. The molecule has 9 nitrogen and oxygen atoms in total. The topological polar surface area (TPSA) is 125 Å². The van der Waals surface area contributed by atoms with Gasteiger partial charge in [0.25, 0.3) is 11.6 Å². The molecule has 0 bridgehead atoms. The number of nitro groups is 1. The van der Waals surface area contributed by atoms with Crippen LogP contribution >= 0.6 is 0 Å². The lowest BCUT2D eigenvalue weighted by molar-refractivity contribution is -0.384. The molecule has 0 spiro atoms. The molecule has 0 aliphatic rings. The van der Waals surface area contributed by atoms with Crippen LogP contribution in [0.25, 0.3) is 0 Å². The standard InChI is InChI=1S/C23H18N2O7/c1-31-20-7-3-5-17(13-20)22(27)24-18-10-8-15(9-11-18)23(28)32-14-21(26)16-4-2-6-19(12-16)25(29)30/h2-13H,14H2,1H3,(H,24,27). The summed E-state index contributed by atoms with van der Waals surface area (Å²) in [6.07, 6.45) is 0. The van der Waals surface area contributed by atoms with Crippen molar-refractivity contribution < 1.29 is 28.8 Å². The summed E-state index contributed by atoms with van der Waals surface area (Å²) in [5.74, 6) is -1.10. The maximum atomic E-state index is 12.3. The number of hydrogen-bond acceptors (Lipinski definition) is 7. The molecule has 1 amide bonds. The molecule has 0 unspecified atom stereocenters. The Kier molecular flexibility index (Phi) is 6.92. The van der Waals surface area contributed by atoms with Crippen LogP contribution in [0.3, 0.4) is 0 Å². The molecular formula is C23H18N2O7. The number of nitrogens with one attached hydrogen (secondary N) is 1. The van der Waals surface area contributed by atoms with Crippen molar-refractivity contribution >= 4 is 29.0 Å². The lowest BCUT2D eigenvalue weighted by Gasteiger charge is -2.08. The molecule has 32 heavy (non-hydrogen) atoms. The van der Waals surface area contributed by atoms with Crippen molar-refractivity contribution in [3.05, 3.63) is 99.6 Å². The summed E-state index contributed by atoms with van der Waals surface area (Å²) in [4.78, 5) is 46.9. The lowest BCUT2D eigenvalue weighted by atomic mass is 10.1. The molecule has 0 saturated heterocycles. The molecule has 9 heteroatoms. The molecule has 3 aromatic rings. The second-order valence-corrected chi connectivity index (χ2v) is 6.57. The average Bonchev–Trinajstić information content (AvgIpc) is 2.82. The highest BCUT2D eigenvalue weighted by Gasteiger charge is 2.15. The van der Waals surface area contributed by atoms with Gasteiger partial charge in [-0.1, -0.05) is 18.2 Å². The Balaban J connectivity index is 1.57. The molecule has 0 aliphatic carbocycles. The summed E-state index contributed by atoms with van der Waals surface area (Å²) in [6, 6.07) is 17.8. The predicted octanol–water partition coefficient (Wildman–Crippen LogP) is 3.90. The third-order valence-corrected chi connectivity index (χ3v) is 4.42. The van der Waals surface area contributed by atoms with Crippen LogP contribution < -0.4 is 10.1 Å². The fraction of sp³-hybridized carbons (Fsp3) is 0.0870. The molecule has 0 atom stereocenters. The number of carbonyl (C=O) groups excluding carboxylic acids is 3. The predicted molar refractivity (Wildman–Crippen MR) is 115 cm³/mol. The van der Waals surface area contributed by atoms with Gasteiger partial charge in [0, 0.05) is 28.9 Å². The monoisotopic (exact) mass is 434 g/mol. The summed E-state index contributed by atoms with van der Waals surface area (Å²) in [5.41, 5.74) is 0.891. The van der Waals surface area contributed by atoms with E-state index >= 15 is 0 Å². The van der Waals surface area contributed by atoms with Gasteiger partial charge in [0.1, 0.15) is 5.75 Å². The Morgan fingerprint density at radius 2 is 1.59 bits per heavy atom. The number of non-ortho nitro benzene ring substituents is 1. The van der Waals surface area contributed by atoms with Gasteiger partial charge in [-0.15, -0.1) is 0 Å². The number of methoxy groups -OCH3 is 1. The van der Waals surface area contributed by atoms with Gasteiger partial charge >= 0.3 is 5.97 Å². The van der Waals surface area contributed by atoms with Gasteiger partial charge in [0.15, 0.2) is 6.61 Å². The highest BCUT2D eigenvalue weighted by molar-refractivity contribution is 6.05. The quantitative estimate of drug-likeness (QED) is 0.247. The number of benzene rings is 3. The SMILES string of the molecule is COc1cccc(C(=O)Nc2ccc(C(=O)OCC(=O)c3cccc([N+](=O)[O-])c3)cc2)c1. The zero-order valence-corrected chi connectivity index (χ0v) is 16.9. The second kappa shape index (κ2) is 9.98. The van der Waals surface area contributed by atoms with E-state index in [0.29, 0.717) is 17.0 Å². The number of ether oxygens (including phenoxy) is 2. The second-order valence-electron chi connectivity index (χ2n) is 6.57. The van der Waals surface area contributed by atoms with Gasteiger partial charge in [-0.25, -0.2) is 4.79 Å². The van der Waals surface area contributed by atoms with E-state index in [1.54, 1.807) is 24.3 Å². The third-order valence-electron chi connectivity index (χ3n) is 4.42. The Labute approximate surface area is 182 Å². The maximum absolute atomic E-state index is 12.3. The van der Waals surface area contributed by atoms with E-state index in [2.05, 4.69) is 5.32 Å². The number of esters is 1. The minimum Gasteiger partial charge on any atom is -0.497 e. The Hall–Kier alpha value is -4.53. The van der Waals surface area contributed by atoms with Crippen LogP contribution in [0.5, 0.6) is 5.75 Å². The number of nitrogens with zero attached hydrogens (tertiary/aromatic N) is 1. The zero-order valence-electron chi connectivity index (χ0n) is 16.9. The lowest BCUT2D eigenvalue weighted by Crippen LogP contribution is -2.15. The molecular weight excluding hydrogens is 416 g/mol. The average molecular weight is 434 g/mol. The first kappa shape index (κ1) is 22.2. The highest BCUT2D eigenvalue weighted by atomic mass is 16.6. The van der Waals surface area contributed by atoms with Gasteiger partial charge in [0.2, 0.25) is 5.78 Å². The molecule has 3 aromatic carbocycles. The van der Waals surface area contributed by atoms with Crippen molar-refractivity contribution in [2.45, 2.75) is 0 Å². The largest absolute Gasteiger partial charge is 0.497 e. The molecule has 0 heterocycles. The fourth-order valence-corrected chi connectivity index (χ4v) is 2.75. The van der Waals surface area contributed by atoms with E-state index in [0.717, 1.165) is 6.07 Å². The minimum atomic E-state index is -0.741. The van der Waals surface area contributed by atoms with E-state index in [1.165, 1.54) is 49.6 Å². The maximum Gasteiger partial charge on any atom is 0.338 e. The van der Waals surface area contributed by atoms with Crippen molar-refractivity contribution in [1.29, 1.82) is 0 Å². The van der Waals surface area contributed by atoms with Crippen LogP contribution in [0, 0.1) is 10.1 Å². The summed E-state index contributed by atoms with van der Waals surface area (Å²) in [5, 5.41) is 13.5. The molecule has 1 N–H and O–H groups in total. The normalized spacial score (nSPS) is 10.2. The molecule has 3 rings (SSSR count). The summed E-state index contributed by atoms with van der Waals surface area (Å²) < 4.78 is 10.1. The molecule has 0 saturated carbocycles. The molecule has 0 aliphatic heterocycles. The summed E-state index contributed by atoms with van der Waals surface area (Å²) in [7, 11) is 1.51.